The molecule has 0 radical (unpaired) electrons. The highest BCUT2D eigenvalue weighted by molar-refractivity contribution is 5.27. The highest BCUT2D eigenvalue weighted by Crippen LogP contribution is 2.29. The maximum atomic E-state index is 13.1. The van der Waals surface area contributed by atoms with Gasteiger partial charge in [0, 0.05) is 31.1 Å². The molecule has 1 unspecified atom stereocenters. The molecule has 2 aromatic rings. The fourth-order valence-electron chi connectivity index (χ4n) is 2.69. The second-order valence-electron chi connectivity index (χ2n) is 6.02. The van der Waals surface area contributed by atoms with Crippen LogP contribution in [0.5, 0.6) is 0 Å². The van der Waals surface area contributed by atoms with Crippen LogP contribution in [-0.2, 0) is 18.9 Å². The SMILES string of the molecule is CCNC(Cc1ccn(C)n1)C(C)(C)c1ccc(F)cc1. The Kier molecular flexibility index (Phi) is 4.78. The van der Waals surface area contributed by atoms with Gasteiger partial charge in [0.2, 0.25) is 0 Å². The lowest BCUT2D eigenvalue weighted by Gasteiger charge is -2.35. The summed E-state index contributed by atoms with van der Waals surface area (Å²) in [5.41, 5.74) is 2.09. The van der Waals surface area contributed by atoms with Gasteiger partial charge in [-0.15, -0.1) is 0 Å². The first kappa shape index (κ1) is 15.7. The van der Waals surface area contributed by atoms with Crippen molar-refractivity contribution in [3.05, 3.63) is 53.6 Å². The number of hydrogen-bond acceptors (Lipinski definition) is 2. The molecule has 2 rings (SSSR count). The predicted octanol–water partition coefficient (Wildman–Crippen LogP) is 3.06. The minimum Gasteiger partial charge on any atom is -0.313 e. The van der Waals surface area contributed by atoms with E-state index in [9.17, 15) is 4.39 Å². The van der Waals surface area contributed by atoms with Gasteiger partial charge in [-0.3, -0.25) is 4.68 Å². The first-order chi connectivity index (χ1) is 9.93. The van der Waals surface area contributed by atoms with E-state index in [-0.39, 0.29) is 17.3 Å². The number of hydrogen-bond donors (Lipinski definition) is 1. The van der Waals surface area contributed by atoms with Gasteiger partial charge in [-0.25, -0.2) is 4.39 Å². The van der Waals surface area contributed by atoms with Crippen LogP contribution in [0.4, 0.5) is 4.39 Å². The number of benzene rings is 1. The Morgan fingerprint density at radius 2 is 1.90 bits per heavy atom. The molecule has 1 heterocycles. The molecule has 1 atom stereocenters. The zero-order chi connectivity index (χ0) is 15.5. The van der Waals surface area contributed by atoms with Crippen LogP contribution in [0, 0.1) is 5.82 Å². The standard InChI is InChI=1S/C17H24FN3/c1-5-19-16(12-15-10-11-21(4)20-15)17(2,3)13-6-8-14(18)9-7-13/h6-11,16,19H,5,12H2,1-4H3. The van der Waals surface area contributed by atoms with Gasteiger partial charge in [0.1, 0.15) is 5.82 Å². The number of likely N-dealkylation sites (N-methyl/N-ethyl adjacent to an activating group) is 1. The first-order valence-electron chi connectivity index (χ1n) is 7.41. The lowest BCUT2D eigenvalue weighted by atomic mass is 9.76. The summed E-state index contributed by atoms with van der Waals surface area (Å²) in [6.45, 7) is 7.38. The van der Waals surface area contributed by atoms with Crippen LogP contribution in [0.2, 0.25) is 0 Å². The Bertz CT molecular complexity index is 572. The molecule has 114 valence electrons. The van der Waals surface area contributed by atoms with Gasteiger partial charge < -0.3 is 5.32 Å². The Morgan fingerprint density at radius 3 is 2.43 bits per heavy atom. The number of nitrogens with one attached hydrogen (secondary N) is 1. The number of halogens is 1. The fraction of sp³-hybridized carbons (Fsp3) is 0.471. The van der Waals surface area contributed by atoms with E-state index in [1.165, 1.54) is 12.1 Å². The molecule has 0 saturated carbocycles. The van der Waals surface area contributed by atoms with Crippen molar-refractivity contribution >= 4 is 0 Å². The van der Waals surface area contributed by atoms with Crippen LogP contribution in [0.15, 0.2) is 36.5 Å². The van der Waals surface area contributed by atoms with Crippen molar-refractivity contribution in [3.8, 4) is 0 Å². The summed E-state index contributed by atoms with van der Waals surface area (Å²) >= 11 is 0. The summed E-state index contributed by atoms with van der Waals surface area (Å²) < 4.78 is 15.0. The van der Waals surface area contributed by atoms with Crippen LogP contribution >= 0.6 is 0 Å². The smallest absolute Gasteiger partial charge is 0.123 e. The lowest BCUT2D eigenvalue weighted by molar-refractivity contribution is 0.340. The van der Waals surface area contributed by atoms with Crippen molar-refractivity contribution in [2.45, 2.75) is 38.6 Å². The molecule has 0 aliphatic carbocycles. The summed E-state index contributed by atoms with van der Waals surface area (Å²) in [5, 5.41) is 8.02. The molecule has 0 amide bonds. The molecule has 0 aliphatic rings. The minimum absolute atomic E-state index is 0.110. The second-order valence-corrected chi connectivity index (χ2v) is 6.02. The van der Waals surface area contributed by atoms with Crippen molar-refractivity contribution in [2.75, 3.05) is 6.54 Å². The number of aryl methyl sites for hydroxylation is 1. The molecule has 21 heavy (non-hydrogen) atoms. The molecule has 0 spiro atoms. The van der Waals surface area contributed by atoms with E-state index < -0.39 is 0 Å². The van der Waals surface area contributed by atoms with Gasteiger partial charge in [-0.1, -0.05) is 32.9 Å². The van der Waals surface area contributed by atoms with Crippen LogP contribution in [0.25, 0.3) is 0 Å². The maximum absolute atomic E-state index is 13.1. The van der Waals surface area contributed by atoms with Crippen LogP contribution in [0.3, 0.4) is 0 Å². The van der Waals surface area contributed by atoms with Gasteiger partial charge in [0.25, 0.3) is 0 Å². The predicted molar refractivity (Wildman–Crippen MR) is 83.8 cm³/mol. The normalized spacial score (nSPS) is 13.4. The van der Waals surface area contributed by atoms with E-state index in [1.807, 2.05) is 36.1 Å². The molecule has 3 nitrogen and oxygen atoms in total. The van der Waals surface area contributed by atoms with E-state index in [2.05, 4.69) is 31.2 Å². The van der Waals surface area contributed by atoms with E-state index in [0.29, 0.717) is 0 Å². The van der Waals surface area contributed by atoms with E-state index in [4.69, 9.17) is 0 Å². The van der Waals surface area contributed by atoms with Gasteiger partial charge in [0.15, 0.2) is 0 Å². The van der Waals surface area contributed by atoms with Crippen LogP contribution in [-0.4, -0.2) is 22.4 Å². The summed E-state index contributed by atoms with van der Waals surface area (Å²) in [4.78, 5) is 0. The van der Waals surface area contributed by atoms with Crippen molar-refractivity contribution in [1.29, 1.82) is 0 Å². The third kappa shape index (κ3) is 3.70. The summed E-state index contributed by atoms with van der Waals surface area (Å²) in [5.74, 6) is -0.195. The van der Waals surface area contributed by atoms with Crippen molar-refractivity contribution in [3.63, 3.8) is 0 Å². The third-order valence-corrected chi connectivity index (χ3v) is 4.09. The van der Waals surface area contributed by atoms with Gasteiger partial charge in [-0.05, 0) is 30.3 Å². The minimum atomic E-state index is -0.195. The monoisotopic (exact) mass is 289 g/mol. The largest absolute Gasteiger partial charge is 0.313 e. The molecular formula is C17H24FN3. The van der Waals surface area contributed by atoms with Crippen LogP contribution < -0.4 is 5.32 Å². The Balaban J connectivity index is 2.24. The van der Waals surface area contributed by atoms with Gasteiger partial charge >= 0.3 is 0 Å². The second kappa shape index (κ2) is 6.39. The van der Waals surface area contributed by atoms with Crippen molar-refractivity contribution in [2.24, 2.45) is 7.05 Å². The summed E-state index contributed by atoms with van der Waals surface area (Å²) in [6, 6.07) is 9.09. The van der Waals surface area contributed by atoms with Gasteiger partial charge in [-0.2, -0.15) is 5.10 Å². The first-order valence-corrected chi connectivity index (χ1v) is 7.41. The van der Waals surface area contributed by atoms with Gasteiger partial charge in [0.05, 0.1) is 5.69 Å². The maximum Gasteiger partial charge on any atom is 0.123 e. The Hall–Kier alpha value is -1.68. The highest BCUT2D eigenvalue weighted by Gasteiger charge is 2.31. The fourth-order valence-corrected chi connectivity index (χ4v) is 2.69. The Labute approximate surface area is 126 Å². The molecule has 1 aromatic heterocycles. The number of nitrogens with zero attached hydrogens (tertiary/aromatic N) is 2. The van der Waals surface area contributed by atoms with Crippen molar-refractivity contribution < 1.29 is 4.39 Å². The van der Waals surface area contributed by atoms with E-state index in [1.54, 1.807) is 0 Å². The molecule has 0 aliphatic heterocycles. The molecular weight excluding hydrogens is 265 g/mol. The molecule has 4 heteroatoms. The highest BCUT2D eigenvalue weighted by atomic mass is 19.1. The average Bonchev–Trinajstić information content (AvgIpc) is 2.84. The molecule has 1 N–H and O–H groups in total. The van der Waals surface area contributed by atoms with E-state index in [0.717, 1.165) is 24.2 Å². The number of aromatic nitrogens is 2. The number of rotatable bonds is 6. The molecule has 0 bridgehead atoms. The van der Waals surface area contributed by atoms with E-state index >= 15 is 0 Å². The Morgan fingerprint density at radius 1 is 1.24 bits per heavy atom. The molecule has 0 saturated heterocycles. The summed E-state index contributed by atoms with van der Waals surface area (Å²) in [7, 11) is 1.93. The average molecular weight is 289 g/mol. The molecule has 1 aromatic carbocycles. The van der Waals surface area contributed by atoms with Crippen LogP contribution in [0.1, 0.15) is 32.0 Å². The third-order valence-electron chi connectivity index (χ3n) is 4.09. The lowest BCUT2D eigenvalue weighted by Crippen LogP contribution is -2.46. The quantitative estimate of drug-likeness (QED) is 0.886. The summed E-state index contributed by atoms with van der Waals surface area (Å²) in [6.07, 6.45) is 2.81. The zero-order valence-electron chi connectivity index (χ0n) is 13.2. The van der Waals surface area contributed by atoms with Crippen molar-refractivity contribution in [1.82, 2.24) is 15.1 Å². The zero-order valence-corrected chi connectivity index (χ0v) is 13.2. The topological polar surface area (TPSA) is 29.9 Å². The molecule has 0 fully saturated rings.